The van der Waals surface area contributed by atoms with Crippen molar-refractivity contribution in [2.24, 2.45) is 11.5 Å². The lowest BCUT2D eigenvalue weighted by molar-refractivity contribution is 0.100. The molecule has 1 aliphatic heterocycles. The summed E-state index contributed by atoms with van der Waals surface area (Å²) in [4.78, 5) is 16.3. The summed E-state index contributed by atoms with van der Waals surface area (Å²) in [5.41, 5.74) is 13.7. The number of halogens is 3. The van der Waals surface area contributed by atoms with Crippen molar-refractivity contribution in [2.45, 2.75) is 32.5 Å². The lowest BCUT2D eigenvalue weighted by Gasteiger charge is -2.35. The molecule has 1 fully saturated rings. The van der Waals surface area contributed by atoms with E-state index in [4.69, 9.17) is 11.5 Å². The van der Waals surface area contributed by atoms with Crippen molar-refractivity contribution < 1.29 is 13.6 Å². The van der Waals surface area contributed by atoms with Crippen LogP contribution >= 0.6 is 12.4 Å². The Kier molecular flexibility index (Phi) is 5.05. The van der Waals surface area contributed by atoms with Gasteiger partial charge < -0.3 is 21.4 Å². The Hall–Kier alpha value is -1.86. The maximum absolute atomic E-state index is 14.7. The number of nitrogens with one attached hydrogen (secondary N) is 1. The monoisotopic (exact) mass is 358 g/mol. The second kappa shape index (κ2) is 6.57. The Bertz CT molecular complexity index is 782. The Morgan fingerprint density at radius 3 is 2.62 bits per heavy atom. The number of carbonyl (C=O) groups excluding carboxylic acids is 1. The molecule has 3 rings (SSSR count). The highest BCUT2D eigenvalue weighted by molar-refractivity contribution is 6.10. The third kappa shape index (κ3) is 2.93. The van der Waals surface area contributed by atoms with Crippen molar-refractivity contribution in [1.82, 2.24) is 4.98 Å². The molecule has 8 heteroatoms. The van der Waals surface area contributed by atoms with Gasteiger partial charge in [-0.1, -0.05) is 0 Å². The quantitative estimate of drug-likeness (QED) is 0.769. The average molecular weight is 359 g/mol. The number of amides is 1. The zero-order chi connectivity index (χ0) is 16.9. The molecule has 2 aromatic rings. The van der Waals surface area contributed by atoms with Gasteiger partial charge in [-0.2, -0.15) is 0 Å². The van der Waals surface area contributed by atoms with Gasteiger partial charge in [-0.3, -0.25) is 4.79 Å². The second-order valence-corrected chi connectivity index (χ2v) is 6.24. The molecular formula is C16H21ClF2N4O. The normalized spacial score (nSPS) is 21.0. The van der Waals surface area contributed by atoms with Gasteiger partial charge in [-0.05, 0) is 31.9 Å². The average Bonchev–Trinajstić information content (AvgIpc) is 2.73. The SMILES string of the molecule is Cc1[nH]c2c(C(N)=O)cc(F)c(N3C[C@@H](N)C[C@H](F)C3)c2c1C.Cl. The number of benzene rings is 1. The van der Waals surface area contributed by atoms with E-state index in [1.807, 2.05) is 13.8 Å². The van der Waals surface area contributed by atoms with Crippen molar-refractivity contribution >= 4 is 34.9 Å². The summed E-state index contributed by atoms with van der Waals surface area (Å²) in [6.07, 6.45) is -0.837. The third-order valence-corrected chi connectivity index (χ3v) is 4.52. The van der Waals surface area contributed by atoms with Crippen LogP contribution in [-0.4, -0.2) is 36.2 Å². The predicted octanol–water partition coefficient (Wildman–Crippen LogP) is 2.32. The van der Waals surface area contributed by atoms with Crippen molar-refractivity contribution in [1.29, 1.82) is 0 Å². The minimum atomic E-state index is -1.11. The van der Waals surface area contributed by atoms with E-state index < -0.39 is 17.9 Å². The molecule has 132 valence electrons. The summed E-state index contributed by atoms with van der Waals surface area (Å²) in [6.45, 7) is 4.12. The zero-order valence-electron chi connectivity index (χ0n) is 13.5. The molecule has 2 heterocycles. The molecule has 1 amide bonds. The molecule has 2 atom stereocenters. The minimum absolute atomic E-state index is 0. The molecule has 0 radical (unpaired) electrons. The highest BCUT2D eigenvalue weighted by atomic mass is 35.5. The van der Waals surface area contributed by atoms with Crippen LogP contribution in [0.5, 0.6) is 0 Å². The molecule has 1 aliphatic rings. The molecule has 5 N–H and O–H groups in total. The Labute approximate surface area is 144 Å². The number of fused-ring (bicyclic) bond motifs is 1. The van der Waals surface area contributed by atoms with Gasteiger partial charge >= 0.3 is 0 Å². The number of H-pyrrole nitrogens is 1. The summed E-state index contributed by atoms with van der Waals surface area (Å²) in [5.74, 6) is -1.30. The van der Waals surface area contributed by atoms with Crippen LogP contribution in [0, 0.1) is 19.7 Å². The molecule has 0 saturated carbocycles. The summed E-state index contributed by atoms with van der Waals surface area (Å²) >= 11 is 0. The van der Waals surface area contributed by atoms with Gasteiger partial charge in [0.2, 0.25) is 0 Å². The number of anilines is 1. The molecule has 5 nitrogen and oxygen atoms in total. The molecular weight excluding hydrogens is 338 g/mol. The number of carbonyl (C=O) groups is 1. The number of piperidine rings is 1. The van der Waals surface area contributed by atoms with E-state index in [9.17, 15) is 13.6 Å². The number of rotatable bonds is 2. The van der Waals surface area contributed by atoms with E-state index in [0.717, 1.165) is 17.3 Å². The maximum atomic E-state index is 14.7. The Morgan fingerprint density at radius 2 is 2.04 bits per heavy atom. The number of nitrogens with zero attached hydrogens (tertiary/aromatic N) is 1. The first-order chi connectivity index (χ1) is 10.8. The van der Waals surface area contributed by atoms with Gasteiger partial charge in [0, 0.05) is 30.2 Å². The van der Waals surface area contributed by atoms with Gasteiger partial charge in [0.05, 0.1) is 16.8 Å². The summed E-state index contributed by atoms with van der Waals surface area (Å²) < 4.78 is 28.6. The number of hydrogen-bond acceptors (Lipinski definition) is 3. The van der Waals surface area contributed by atoms with E-state index >= 15 is 0 Å². The van der Waals surface area contributed by atoms with Crippen molar-refractivity contribution in [3.05, 3.63) is 28.7 Å². The van der Waals surface area contributed by atoms with Gasteiger partial charge in [-0.15, -0.1) is 12.4 Å². The summed E-state index contributed by atoms with van der Waals surface area (Å²) in [7, 11) is 0. The molecule has 0 bridgehead atoms. The van der Waals surface area contributed by atoms with Gasteiger partial charge in [0.1, 0.15) is 12.0 Å². The number of alkyl halides is 1. The smallest absolute Gasteiger partial charge is 0.250 e. The number of aromatic amines is 1. The number of nitrogens with two attached hydrogens (primary N) is 2. The fraction of sp³-hybridized carbons (Fsp3) is 0.438. The van der Waals surface area contributed by atoms with E-state index in [1.54, 1.807) is 4.90 Å². The van der Waals surface area contributed by atoms with Crippen LogP contribution in [-0.2, 0) is 0 Å². The van der Waals surface area contributed by atoms with Gasteiger partial charge in [-0.25, -0.2) is 8.78 Å². The van der Waals surface area contributed by atoms with Crippen molar-refractivity contribution in [3.8, 4) is 0 Å². The Morgan fingerprint density at radius 1 is 1.38 bits per heavy atom. The zero-order valence-corrected chi connectivity index (χ0v) is 14.3. The molecule has 1 aromatic carbocycles. The maximum Gasteiger partial charge on any atom is 0.250 e. The van der Waals surface area contributed by atoms with Crippen LogP contribution in [0.1, 0.15) is 28.0 Å². The molecule has 1 aromatic heterocycles. The molecule has 0 unspecified atom stereocenters. The number of aromatic nitrogens is 1. The number of hydrogen-bond donors (Lipinski definition) is 3. The Balaban J connectivity index is 0.00000208. The highest BCUT2D eigenvalue weighted by Gasteiger charge is 2.30. The molecule has 0 spiro atoms. The molecule has 24 heavy (non-hydrogen) atoms. The third-order valence-electron chi connectivity index (χ3n) is 4.52. The number of aryl methyl sites for hydroxylation is 2. The minimum Gasteiger partial charge on any atom is -0.366 e. The van der Waals surface area contributed by atoms with Crippen LogP contribution in [0.3, 0.4) is 0 Å². The molecule has 1 saturated heterocycles. The fourth-order valence-corrected chi connectivity index (χ4v) is 3.36. The fourth-order valence-electron chi connectivity index (χ4n) is 3.36. The van der Waals surface area contributed by atoms with Crippen LogP contribution < -0.4 is 16.4 Å². The van der Waals surface area contributed by atoms with Crippen LogP contribution in [0.4, 0.5) is 14.5 Å². The highest BCUT2D eigenvalue weighted by Crippen LogP contribution is 2.37. The van der Waals surface area contributed by atoms with Gasteiger partial charge in [0.25, 0.3) is 5.91 Å². The lowest BCUT2D eigenvalue weighted by Crippen LogP contribution is -2.48. The largest absolute Gasteiger partial charge is 0.366 e. The first-order valence-corrected chi connectivity index (χ1v) is 7.55. The van der Waals surface area contributed by atoms with Crippen LogP contribution in [0.25, 0.3) is 10.9 Å². The van der Waals surface area contributed by atoms with E-state index in [-0.39, 0.29) is 42.7 Å². The predicted molar refractivity (Wildman–Crippen MR) is 93.2 cm³/mol. The summed E-state index contributed by atoms with van der Waals surface area (Å²) in [5, 5.41) is 0.567. The van der Waals surface area contributed by atoms with E-state index in [1.165, 1.54) is 0 Å². The second-order valence-electron chi connectivity index (χ2n) is 6.24. The van der Waals surface area contributed by atoms with E-state index in [2.05, 4.69) is 4.98 Å². The number of primary amides is 1. The van der Waals surface area contributed by atoms with Gasteiger partial charge in [0.15, 0.2) is 0 Å². The van der Waals surface area contributed by atoms with Crippen molar-refractivity contribution in [2.75, 3.05) is 18.0 Å². The lowest BCUT2D eigenvalue weighted by atomic mass is 10.00. The standard InChI is InChI=1S/C16H20F2N4O.ClH/c1-7-8(2)21-14-11(16(20)23)4-12(18)15(13(7)14)22-5-9(17)3-10(19)6-22;/h4,9-10,21H,3,5-6,19H2,1-2H3,(H2,20,23);1H/t9-,10-;/m0./s1. The van der Waals surface area contributed by atoms with Crippen molar-refractivity contribution in [3.63, 3.8) is 0 Å². The van der Waals surface area contributed by atoms with Crippen LogP contribution in [0.15, 0.2) is 6.07 Å². The van der Waals surface area contributed by atoms with Crippen LogP contribution in [0.2, 0.25) is 0 Å². The molecule has 0 aliphatic carbocycles. The van der Waals surface area contributed by atoms with E-state index in [0.29, 0.717) is 17.4 Å². The first-order valence-electron chi connectivity index (χ1n) is 7.55. The summed E-state index contributed by atoms with van der Waals surface area (Å²) in [6, 6.07) is 0.757. The first kappa shape index (κ1) is 18.5. The topological polar surface area (TPSA) is 88.1 Å².